The Hall–Kier alpha value is -5.17. The number of fused-ring (bicyclic) bond motifs is 1. The van der Waals surface area contributed by atoms with Crippen LogP contribution in [0.25, 0.3) is 22.3 Å². The van der Waals surface area contributed by atoms with Crippen LogP contribution in [0.3, 0.4) is 0 Å². The highest BCUT2D eigenvalue weighted by Gasteiger charge is 2.24. The Morgan fingerprint density at radius 1 is 0.860 bits per heavy atom. The molecule has 5 aromatic rings. The number of thioether (sulfide) groups is 1. The predicted molar refractivity (Wildman–Crippen MR) is 194 cm³/mol. The van der Waals surface area contributed by atoms with Gasteiger partial charge in [0, 0.05) is 23.4 Å². The summed E-state index contributed by atoms with van der Waals surface area (Å²) in [6.45, 7) is 8.62. The third-order valence-corrected chi connectivity index (χ3v) is 8.91. The minimum absolute atomic E-state index is 0.0151. The van der Waals surface area contributed by atoms with E-state index in [9.17, 15) is 4.79 Å². The van der Waals surface area contributed by atoms with Gasteiger partial charge in [0.1, 0.15) is 22.5 Å². The van der Waals surface area contributed by atoms with Crippen LogP contribution in [0.5, 0.6) is 34.5 Å². The van der Waals surface area contributed by atoms with E-state index in [1.807, 2.05) is 6.92 Å². The van der Waals surface area contributed by atoms with E-state index >= 15 is 0 Å². The largest absolute Gasteiger partial charge is 0.496 e. The molecular formula is C37H42N4O8S. The van der Waals surface area contributed by atoms with Gasteiger partial charge in [-0.05, 0) is 42.0 Å². The first-order valence-electron chi connectivity index (χ1n) is 15.9. The summed E-state index contributed by atoms with van der Waals surface area (Å²) in [6, 6.07) is 15.0. The van der Waals surface area contributed by atoms with Gasteiger partial charge in [-0.15, -0.1) is 10.2 Å². The van der Waals surface area contributed by atoms with Crippen molar-refractivity contribution in [3.8, 4) is 45.8 Å². The van der Waals surface area contributed by atoms with Crippen LogP contribution in [-0.2, 0) is 5.41 Å². The van der Waals surface area contributed by atoms with Gasteiger partial charge in [-0.1, -0.05) is 56.8 Å². The fraction of sp³-hybridized carbons (Fsp3) is 0.351. The summed E-state index contributed by atoms with van der Waals surface area (Å²) in [4.78, 5) is 14.1. The van der Waals surface area contributed by atoms with E-state index in [1.165, 1.54) is 52.9 Å². The third-order valence-electron chi connectivity index (χ3n) is 7.91. The molecule has 0 aliphatic heterocycles. The Bertz CT molecular complexity index is 2020. The fourth-order valence-corrected chi connectivity index (χ4v) is 6.05. The molecule has 0 bridgehead atoms. The van der Waals surface area contributed by atoms with E-state index in [1.54, 1.807) is 35.2 Å². The first-order chi connectivity index (χ1) is 24.0. The van der Waals surface area contributed by atoms with Crippen LogP contribution in [0.1, 0.15) is 44.1 Å². The summed E-state index contributed by atoms with van der Waals surface area (Å²) in [5, 5.41) is 14.0. The highest BCUT2D eigenvalue weighted by Crippen LogP contribution is 2.44. The smallest absolute Gasteiger partial charge is 0.239 e. The molecule has 3 aromatic carbocycles. The van der Waals surface area contributed by atoms with Gasteiger partial charge in [0.05, 0.1) is 48.4 Å². The minimum Gasteiger partial charge on any atom is -0.496 e. The Kier molecular flexibility index (Phi) is 11.3. The molecule has 264 valence electrons. The maximum absolute atomic E-state index is 14.1. The Labute approximate surface area is 295 Å². The summed E-state index contributed by atoms with van der Waals surface area (Å²) in [7, 11) is 7.55. The van der Waals surface area contributed by atoms with Gasteiger partial charge in [-0.25, -0.2) is 0 Å². The van der Waals surface area contributed by atoms with Crippen molar-refractivity contribution in [1.82, 2.24) is 14.9 Å². The molecule has 2 heterocycles. The monoisotopic (exact) mass is 702 g/mol. The number of methoxy groups -OCH3 is 5. The van der Waals surface area contributed by atoms with Gasteiger partial charge in [-0.2, -0.15) is 9.78 Å². The molecule has 0 unspecified atom stereocenters. The fourth-order valence-electron chi connectivity index (χ4n) is 5.21. The molecule has 0 aliphatic rings. The predicted octanol–water partition coefficient (Wildman–Crippen LogP) is 7.14. The van der Waals surface area contributed by atoms with Gasteiger partial charge in [-0.3, -0.25) is 4.79 Å². The molecule has 0 spiro atoms. The summed E-state index contributed by atoms with van der Waals surface area (Å²) in [5.41, 5.74) is 2.65. The van der Waals surface area contributed by atoms with Crippen LogP contribution in [0, 0.1) is 6.92 Å². The number of aryl methyl sites for hydroxylation is 1. The second-order valence-electron chi connectivity index (χ2n) is 12.2. The molecule has 0 radical (unpaired) electrons. The molecule has 0 amide bonds. The number of rotatable bonds is 14. The van der Waals surface area contributed by atoms with Crippen LogP contribution in [0.2, 0.25) is 0 Å². The summed E-state index contributed by atoms with van der Waals surface area (Å²) in [5.74, 6) is 3.42. The minimum atomic E-state index is -0.401. The molecule has 5 rings (SSSR count). The van der Waals surface area contributed by atoms with E-state index in [2.05, 4.69) is 60.3 Å². The number of ether oxygens (including phenoxy) is 6. The lowest BCUT2D eigenvalue weighted by molar-refractivity contribution is 0.309. The first-order valence-corrected chi connectivity index (χ1v) is 16.9. The van der Waals surface area contributed by atoms with E-state index in [0.29, 0.717) is 57.5 Å². The van der Waals surface area contributed by atoms with Crippen molar-refractivity contribution >= 4 is 28.9 Å². The molecule has 0 saturated heterocycles. The van der Waals surface area contributed by atoms with Crippen LogP contribution in [-0.4, -0.2) is 69.0 Å². The first kappa shape index (κ1) is 36.1. The van der Waals surface area contributed by atoms with Crippen LogP contribution in [0.4, 0.5) is 0 Å². The number of hydrogen-bond donors (Lipinski definition) is 0. The molecule has 12 nitrogen and oxygen atoms in total. The average Bonchev–Trinajstić information content (AvgIpc) is 3.47. The zero-order valence-electron chi connectivity index (χ0n) is 29.8. The maximum Gasteiger partial charge on any atom is 0.239 e. The Morgan fingerprint density at radius 3 is 2.14 bits per heavy atom. The summed E-state index contributed by atoms with van der Waals surface area (Å²) in [6.07, 6.45) is 2.37. The lowest BCUT2D eigenvalue weighted by Gasteiger charge is -2.18. The van der Waals surface area contributed by atoms with Gasteiger partial charge in [0.25, 0.3) is 0 Å². The highest BCUT2D eigenvalue weighted by molar-refractivity contribution is 7.99. The lowest BCUT2D eigenvalue weighted by atomic mass is 9.87. The Morgan fingerprint density at radius 2 is 1.54 bits per heavy atom. The van der Waals surface area contributed by atoms with Crippen molar-refractivity contribution < 1.29 is 32.8 Å². The number of hydrogen-bond acceptors (Lipinski definition) is 12. The standard InChI is InChI=1S/C37H42N4O8S/c1-22-39-40-36(41(22)38-21-23-11-13-25(14-12-23)37(2,3)4)50-16-10-15-48-35-32(42)31-27(44-6)19-26(43-5)20-28(31)49-33(35)24-17-29(45-7)34(47-9)30(18-24)46-8/h11-14,17-21H,10,15-16H2,1-9H3. The quantitative estimate of drug-likeness (QED) is 0.0665. The molecule has 2 aromatic heterocycles. The molecule has 0 fully saturated rings. The SMILES string of the molecule is COc1cc(OC)c2c(=O)c(OCCCSc3nnc(C)n3N=Cc3ccc(C(C)(C)C)cc3)c(-c3cc(OC)c(OC)c(OC)c3)oc2c1. The van der Waals surface area contributed by atoms with Crippen molar-refractivity contribution in [2.45, 2.75) is 44.7 Å². The number of benzene rings is 3. The normalized spacial score (nSPS) is 11.6. The molecule has 0 N–H and O–H groups in total. The van der Waals surface area contributed by atoms with E-state index in [4.69, 9.17) is 32.8 Å². The maximum atomic E-state index is 14.1. The number of aromatic nitrogens is 3. The molecule has 0 saturated carbocycles. The van der Waals surface area contributed by atoms with Gasteiger partial charge < -0.3 is 32.8 Å². The second kappa shape index (κ2) is 15.6. The van der Waals surface area contributed by atoms with Gasteiger partial charge >= 0.3 is 0 Å². The third kappa shape index (κ3) is 7.67. The molecule has 13 heteroatoms. The van der Waals surface area contributed by atoms with Gasteiger partial charge in [0.15, 0.2) is 23.1 Å². The van der Waals surface area contributed by atoms with Crippen LogP contribution < -0.4 is 33.8 Å². The molecule has 0 aliphatic carbocycles. The van der Waals surface area contributed by atoms with Gasteiger partial charge in [0.2, 0.25) is 22.1 Å². The van der Waals surface area contributed by atoms with Crippen molar-refractivity contribution in [3.63, 3.8) is 0 Å². The van der Waals surface area contributed by atoms with E-state index < -0.39 is 5.43 Å². The molecular weight excluding hydrogens is 660 g/mol. The molecule has 0 atom stereocenters. The zero-order valence-corrected chi connectivity index (χ0v) is 30.6. The van der Waals surface area contributed by atoms with E-state index in [0.717, 1.165) is 5.56 Å². The van der Waals surface area contributed by atoms with Crippen LogP contribution >= 0.6 is 11.8 Å². The van der Waals surface area contributed by atoms with Crippen molar-refractivity contribution in [1.29, 1.82) is 0 Å². The van der Waals surface area contributed by atoms with Crippen molar-refractivity contribution in [2.75, 3.05) is 47.9 Å². The lowest BCUT2D eigenvalue weighted by Crippen LogP contribution is -2.13. The summed E-state index contributed by atoms with van der Waals surface area (Å²) >= 11 is 1.49. The van der Waals surface area contributed by atoms with Crippen LogP contribution in [0.15, 0.2) is 68.0 Å². The summed E-state index contributed by atoms with van der Waals surface area (Å²) < 4.78 is 41.9. The van der Waals surface area contributed by atoms with Crippen molar-refractivity contribution in [2.24, 2.45) is 5.10 Å². The average molecular weight is 703 g/mol. The highest BCUT2D eigenvalue weighted by atomic mass is 32.2. The van der Waals surface area contributed by atoms with Crippen molar-refractivity contribution in [3.05, 3.63) is 75.7 Å². The second-order valence-corrected chi connectivity index (χ2v) is 13.3. The topological polar surface area (TPSA) is 129 Å². The Balaban J connectivity index is 1.39. The molecule has 50 heavy (non-hydrogen) atoms. The number of nitrogens with zero attached hydrogens (tertiary/aromatic N) is 4. The van der Waals surface area contributed by atoms with E-state index in [-0.39, 0.29) is 34.5 Å². The zero-order chi connectivity index (χ0) is 36.0.